The normalized spacial score (nSPS) is 22.3. The third-order valence-electron chi connectivity index (χ3n) is 8.10. The average molecular weight is 544 g/mol. The van der Waals surface area contributed by atoms with Crippen molar-refractivity contribution in [2.24, 2.45) is 5.92 Å². The van der Waals surface area contributed by atoms with E-state index in [9.17, 15) is 9.90 Å². The number of likely N-dealkylation sites (N-methyl/N-ethyl adjacent to an activating group) is 1. The van der Waals surface area contributed by atoms with Crippen LogP contribution in [0.4, 0.5) is 13.6 Å². The summed E-state index contributed by atoms with van der Waals surface area (Å²) in [5, 5.41) is 18.1. The fourth-order valence-electron chi connectivity index (χ4n) is 6.11. The highest BCUT2D eigenvalue weighted by Gasteiger charge is 2.43. The van der Waals surface area contributed by atoms with Gasteiger partial charge < -0.3 is 25.4 Å². The fourth-order valence-corrected chi connectivity index (χ4v) is 6.28. The van der Waals surface area contributed by atoms with Crippen molar-refractivity contribution in [2.75, 3.05) is 40.4 Å². The van der Waals surface area contributed by atoms with E-state index in [1.807, 2.05) is 0 Å². The van der Waals surface area contributed by atoms with Crippen LogP contribution in [0.15, 0.2) is 18.2 Å². The Bertz CT molecular complexity index is 871. The molecule has 0 spiro atoms. The summed E-state index contributed by atoms with van der Waals surface area (Å²) in [6.45, 7) is 1.85. The number of nitrogens with zero attached hydrogens (tertiary/aromatic N) is 1. The summed E-state index contributed by atoms with van der Waals surface area (Å²) in [6, 6.07) is 4.11. The molecule has 3 N–H and O–H groups in total. The van der Waals surface area contributed by atoms with E-state index >= 15 is 8.78 Å². The van der Waals surface area contributed by atoms with E-state index in [2.05, 4.69) is 10.6 Å². The van der Waals surface area contributed by atoms with Crippen LogP contribution in [0, 0.1) is 11.7 Å². The number of carbonyl (C=O) groups is 1. The van der Waals surface area contributed by atoms with Crippen LogP contribution >= 0.6 is 11.6 Å². The molecule has 37 heavy (non-hydrogen) atoms. The molecule has 2 amide bonds. The predicted octanol–water partition coefficient (Wildman–Crippen LogP) is 5.56. The van der Waals surface area contributed by atoms with Crippen molar-refractivity contribution in [2.45, 2.75) is 87.9 Å². The van der Waals surface area contributed by atoms with Crippen LogP contribution in [0.2, 0.25) is 5.02 Å². The first-order valence-electron chi connectivity index (χ1n) is 13.8. The number of methoxy groups -OCH3 is 1. The molecule has 1 saturated carbocycles. The largest absolute Gasteiger partial charge is 0.385 e. The van der Waals surface area contributed by atoms with E-state index in [-0.39, 0.29) is 41.5 Å². The maximum absolute atomic E-state index is 15.4. The number of hydrogen-bond acceptors (Lipinski definition) is 4. The summed E-state index contributed by atoms with van der Waals surface area (Å²) in [4.78, 5) is 15.0. The molecular weight excluding hydrogens is 500 g/mol. The molecule has 210 valence electrons. The van der Waals surface area contributed by atoms with Gasteiger partial charge in [-0.25, -0.2) is 13.6 Å². The van der Waals surface area contributed by atoms with Gasteiger partial charge in [-0.15, -0.1) is 0 Å². The number of piperidine rings is 1. The Morgan fingerprint density at radius 2 is 2.05 bits per heavy atom. The van der Waals surface area contributed by atoms with Crippen molar-refractivity contribution < 1.29 is 23.4 Å². The summed E-state index contributed by atoms with van der Waals surface area (Å²) in [7, 11) is 3.42. The molecule has 6 nitrogen and oxygen atoms in total. The van der Waals surface area contributed by atoms with Gasteiger partial charge in [-0.05, 0) is 58.1 Å². The average Bonchev–Trinajstić information content (AvgIpc) is 2.88. The SMILES string of the molecule is CNC[C@H](CC1(F)CCCCC1)NC(=O)N1CCCC([C@@](O)(CCCCOC)c2cccc(Cl)c2F)C1. The van der Waals surface area contributed by atoms with Crippen LogP contribution in [-0.2, 0) is 10.3 Å². The minimum Gasteiger partial charge on any atom is -0.385 e. The van der Waals surface area contributed by atoms with E-state index in [1.54, 1.807) is 31.2 Å². The van der Waals surface area contributed by atoms with Crippen LogP contribution in [0.3, 0.4) is 0 Å². The van der Waals surface area contributed by atoms with Crippen molar-refractivity contribution in [3.8, 4) is 0 Å². The number of benzene rings is 1. The Morgan fingerprint density at radius 1 is 1.30 bits per heavy atom. The molecule has 3 atom stereocenters. The number of likely N-dealkylation sites (tertiary alicyclic amines) is 1. The highest BCUT2D eigenvalue weighted by Crippen LogP contribution is 2.42. The Kier molecular flexibility index (Phi) is 11.4. The van der Waals surface area contributed by atoms with Gasteiger partial charge in [-0.2, -0.15) is 0 Å². The second-order valence-corrected chi connectivity index (χ2v) is 11.3. The lowest BCUT2D eigenvalue weighted by atomic mass is 9.74. The smallest absolute Gasteiger partial charge is 0.317 e. The number of carbonyl (C=O) groups excluding carboxylic acids is 1. The molecule has 0 radical (unpaired) electrons. The Balaban J connectivity index is 1.74. The van der Waals surface area contributed by atoms with E-state index in [1.165, 1.54) is 6.07 Å². The van der Waals surface area contributed by atoms with Crippen molar-refractivity contribution in [1.29, 1.82) is 0 Å². The Labute approximate surface area is 225 Å². The zero-order chi connectivity index (χ0) is 26.9. The number of ether oxygens (including phenoxy) is 1. The molecule has 1 aromatic rings. The topological polar surface area (TPSA) is 73.8 Å². The van der Waals surface area contributed by atoms with Gasteiger partial charge in [0.05, 0.1) is 10.6 Å². The first-order chi connectivity index (χ1) is 17.7. The van der Waals surface area contributed by atoms with Gasteiger partial charge in [0.2, 0.25) is 0 Å². The number of nitrogens with one attached hydrogen (secondary N) is 2. The number of rotatable bonds is 12. The summed E-state index contributed by atoms with van der Waals surface area (Å²) in [6.07, 6.45) is 7.23. The standard InChI is InChI=1S/C28H44ClF2N3O3/c1-32-19-22(18-27(31)13-4-3-5-14-27)33-26(35)34-16-9-10-21(20-34)28(36,15-6-7-17-37-2)23-11-8-12-24(29)25(23)30/h8,11-12,21-22,32,36H,3-7,9-10,13-20H2,1-2H3,(H,33,35)/t21?,22-,28-/m0/s1. The van der Waals surface area contributed by atoms with E-state index < -0.39 is 17.1 Å². The maximum atomic E-state index is 15.4. The van der Waals surface area contributed by atoms with Crippen molar-refractivity contribution in [3.05, 3.63) is 34.6 Å². The quantitative estimate of drug-likeness (QED) is 0.302. The second-order valence-electron chi connectivity index (χ2n) is 10.9. The third kappa shape index (κ3) is 8.01. The zero-order valence-electron chi connectivity index (χ0n) is 22.3. The molecule has 1 aromatic carbocycles. The molecule has 2 aliphatic rings. The molecule has 1 aliphatic carbocycles. The fraction of sp³-hybridized carbons (Fsp3) is 0.750. The number of urea groups is 1. The third-order valence-corrected chi connectivity index (χ3v) is 8.39. The molecule has 9 heteroatoms. The summed E-state index contributed by atoms with van der Waals surface area (Å²) >= 11 is 6.08. The van der Waals surface area contributed by atoms with Gasteiger partial charge >= 0.3 is 6.03 Å². The summed E-state index contributed by atoms with van der Waals surface area (Å²) in [5.41, 5.74) is -2.55. The van der Waals surface area contributed by atoms with Gasteiger partial charge in [0.1, 0.15) is 11.5 Å². The molecule has 2 fully saturated rings. The van der Waals surface area contributed by atoms with Gasteiger partial charge in [0, 0.05) is 57.3 Å². The van der Waals surface area contributed by atoms with Crippen LogP contribution in [-0.4, -0.2) is 68.1 Å². The number of amides is 2. The van der Waals surface area contributed by atoms with E-state index in [0.717, 1.165) is 25.7 Å². The lowest BCUT2D eigenvalue weighted by Crippen LogP contribution is -2.54. The number of aliphatic hydroxyl groups is 1. The van der Waals surface area contributed by atoms with E-state index in [4.69, 9.17) is 16.3 Å². The van der Waals surface area contributed by atoms with Crippen molar-refractivity contribution in [1.82, 2.24) is 15.5 Å². The van der Waals surface area contributed by atoms with Crippen LogP contribution in [0.25, 0.3) is 0 Å². The number of alkyl halides is 1. The molecule has 1 saturated heterocycles. The number of unbranched alkanes of at least 4 members (excludes halogenated alkanes) is 1. The van der Waals surface area contributed by atoms with Gasteiger partial charge in [-0.3, -0.25) is 0 Å². The molecule has 0 bridgehead atoms. The van der Waals surface area contributed by atoms with Crippen LogP contribution < -0.4 is 10.6 Å². The lowest BCUT2D eigenvalue weighted by Gasteiger charge is -2.43. The van der Waals surface area contributed by atoms with Crippen LogP contribution in [0.1, 0.15) is 76.2 Å². The van der Waals surface area contributed by atoms with E-state index in [0.29, 0.717) is 58.2 Å². The van der Waals surface area contributed by atoms with Gasteiger partial charge in [0.25, 0.3) is 0 Å². The highest BCUT2D eigenvalue weighted by atomic mass is 35.5. The summed E-state index contributed by atoms with van der Waals surface area (Å²) in [5.74, 6) is -0.981. The molecular formula is C28H44ClF2N3O3. The summed E-state index contributed by atoms with van der Waals surface area (Å²) < 4.78 is 35.7. The maximum Gasteiger partial charge on any atom is 0.317 e. The molecule has 1 aliphatic heterocycles. The Hall–Kier alpha value is -1.48. The first kappa shape index (κ1) is 30.1. The molecule has 1 unspecified atom stereocenters. The van der Waals surface area contributed by atoms with Gasteiger partial charge in [0.15, 0.2) is 0 Å². The van der Waals surface area contributed by atoms with Crippen LogP contribution in [0.5, 0.6) is 0 Å². The molecule has 0 aromatic heterocycles. The highest BCUT2D eigenvalue weighted by molar-refractivity contribution is 6.30. The monoisotopic (exact) mass is 543 g/mol. The number of halogens is 3. The lowest BCUT2D eigenvalue weighted by molar-refractivity contribution is -0.0588. The van der Waals surface area contributed by atoms with Gasteiger partial charge in [-0.1, -0.05) is 43.0 Å². The molecule has 1 heterocycles. The Morgan fingerprint density at radius 3 is 2.76 bits per heavy atom. The number of hydrogen-bond donors (Lipinski definition) is 3. The van der Waals surface area contributed by atoms with Crippen molar-refractivity contribution in [3.63, 3.8) is 0 Å². The second kappa shape index (κ2) is 14.1. The predicted molar refractivity (Wildman–Crippen MR) is 143 cm³/mol. The molecule has 3 rings (SSSR count). The minimum absolute atomic E-state index is 0.0315. The zero-order valence-corrected chi connectivity index (χ0v) is 23.1. The minimum atomic E-state index is -1.48. The first-order valence-corrected chi connectivity index (χ1v) is 14.1. The van der Waals surface area contributed by atoms with Crippen molar-refractivity contribution >= 4 is 17.6 Å².